The number of anilines is 1. The van der Waals surface area contributed by atoms with Crippen LogP contribution in [-0.2, 0) is 14.8 Å². The predicted molar refractivity (Wildman–Crippen MR) is 99.3 cm³/mol. The first kappa shape index (κ1) is 18.3. The van der Waals surface area contributed by atoms with Crippen LogP contribution >= 0.6 is 0 Å². The van der Waals surface area contributed by atoms with Gasteiger partial charge in [-0.05, 0) is 31.2 Å². The number of benzene rings is 1. The van der Waals surface area contributed by atoms with Gasteiger partial charge in [0.1, 0.15) is 5.82 Å². The van der Waals surface area contributed by atoms with Gasteiger partial charge in [0.15, 0.2) is 0 Å². The van der Waals surface area contributed by atoms with Crippen molar-refractivity contribution in [2.75, 3.05) is 31.1 Å². The Morgan fingerprint density at radius 2 is 1.69 bits per heavy atom. The number of amides is 1. The van der Waals surface area contributed by atoms with Crippen molar-refractivity contribution in [1.29, 1.82) is 0 Å². The zero-order chi connectivity index (χ0) is 18.6. The van der Waals surface area contributed by atoms with Gasteiger partial charge >= 0.3 is 0 Å². The molecule has 1 aromatic heterocycles. The minimum Gasteiger partial charge on any atom is -0.353 e. The molecule has 2 heterocycles. The predicted octanol–water partition coefficient (Wildman–Crippen LogP) is 1.10. The summed E-state index contributed by atoms with van der Waals surface area (Å²) in [5.74, 6) is 0.669. The first-order valence-corrected chi connectivity index (χ1v) is 9.98. The van der Waals surface area contributed by atoms with E-state index in [1.54, 1.807) is 36.2 Å². The third-order valence-electron chi connectivity index (χ3n) is 4.32. The van der Waals surface area contributed by atoms with Crippen molar-refractivity contribution in [3.8, 4) is 0 Å². The highest BCUT2D eigenvalue weighted by Crippen LogP contribution is 2.14. The Balaban J connectivity index is 1.58. The van der Waals surface area contributed by atoms with Gasteiger partial charge in [-0.25, -0.2) is 13.4 Å². The number of hydrogen-bond donors (Lipinski definition) is 1. The van der Waals surface area contributed by atoms with E-state index in [2.05, 4.69) is 14.6 Å². The zero-order valence-corrected chi connectivity index (χ0v) is 15.4. The summed E-state index contributed by atoms with van der Waals surface area (Å²) in [5.41, 5.74) is 0. The molecule has 3 rings (SSSR count). The second-order valence-corrected chi connectivity index (χ2v) is 7.87. The van der Waals surface area contributed by atoms with Crippen LogP contribution in [0.25, 0.3) is 0 Å². The maximum absolute atomic E-state index is 12.6. The lowest BCUT2D eigenvalue weighted by Gasteiger charge is -2.36. The zero-order valence-electron chi connectivity index (χ0n) is 14.6. The molecule has 8 heteroatoms. The van der Waals surface area contributed by atoms with E-state index in [1.807, 2.05) is 18.2 Å². The Labute approximate surface area is 153 Å². The van der Waals surface area contributed by atoms with Crippen LogP contribution in [-0.4, -0.2) is 56.4 Å². The van der Waals surface area contributed by atoms with E-state index in [9.17, 15) is 13.2 Å². The van der Waals surface area contributed by atoms with Gasteiger partial charge in [0.25, 0.3) is 0 Å². The Morgan fingerprint density at radius 1 is 1.04 bits per heavy atom. The molecule has 26 heavy (non-hydrogen) atoms. The molecule has 1 unspecified atom stereocenters. The van der Waals surface area contributed by atoms with Gasteiger partial charge in [-0.2, -0.15) is 4.72 Å². The lowest BCUT2D eigenvalue weighted by molar-refractivity contribution is -0.132. The Morgan fingerprint density at radius 3 is 2.31 bits per heavy atom. The SMILES string of the molecule is CC(NS(=O)(=O)c1ccccc1)C(=O)N1CCN(c2ccccn2)CC1. The van der Waals surface area contributed by atoms with E-state index in [4.69, 9.17) is 0 Å². The number of carbonyl (C=O) groups is 1. The van der Waals surface area contributed by atoms with E-state index >= 15 is 0 Å². The highest BCUT2D eigenvalue weighted by molar-refractivity contribution is 7.89. The van der Waals surface area contributed by atoms with E-state index in [1.165, 1.54) is 12.1 Å². The normalized spacial score (nSPS) is 16.3. The summed E-state index contributed by atoms with van der Waals surface area (Å²) >= 11 is 0. The number of piperazine rings is 1. The molecule has 1 aliphatic heterocycles. The van der Waals surface area contributed by atoms with E-state index in [-0.39, 0.29) is 10.8 Å². The van der Waals surface area contributed by atoms with Crippen LogP contribution < -0.4 is 9.62 Å². The molecular weight excluding hydrogens is 352 g/mol. The topological polar surface area (TPSA) is 82.6 Å². The molecule has 2 aromatic rings. The first-order chi connectivity index (χ1) is 12.5. The fraction of sp³-hybridized carbons (Fsp3) is 0.333. The van der Waals surface area contributed by atoms with Crippen LogP contribution in [0.1, 0.15) is 6.92 Å². The maximum Gasteiger partial charge on any atom is 0.241 e. The molecular formula is C18H22N4O3S. The number of hydrogen-bond acceptors (Lipinski definition) is 5. The second kappa shape index (κ2) is 7.84. The molecule has 1 fully saturated rings. The molecule has 7 nitrogen and oxygen atoms in total. The number of rotatable bonds is 5. The van der Waals surface area contributed by atoms with Crippen LogP contribution in [0.5, 0.6) is 0 Å². The number of pyridine rings is 1. The smallest absolute Gasteiger partial charge is 0.241 e. The molecule has 0 spiro atoms. The molecule has 0 radical (unpaired) electrons. The Hall–Kier alpha value is -2.45. The van der Waals surface area contributed by atoms with Gasteiger partial charge in [0, 0.05) is 32.4 Å². The minimum absolute atomic E-state index is 0.152. The third-order valence-corrected chi connectivity index (χ3v) is 5.88. The fourth-order valence-corrected chi connectivity index (χ4v) is 4.14. The molecule has 1 atom stereocenters. The van der Waals surface area contributed by atoms with E-state index in [0.29, 0.717) is 26.2 Å². The van der Waals surface area contributed by atoms with Crippen molar-refractivity contribution in [2.45, 2.75) is 17.9 Å². The lowest BCUT2D eigenvalue weighted by Crippen LogP contribution is -2.54. The van der Waals surface area contributed by atoms with Gasteiger partial charge in [-0.1, -0.05) is 24.3 Å². The highest BCUT2D eigenvalue weighted by atomic mass is 32.2. The summed E-state index contributed by atoms with van der Waals surface area (Å²) in [6, 6.07) is 13.0. The van der Waals surface area contributed by atoms with Crippen LogP contribution in [0.2, 0.25) is 0 Å². The van der Waals surface area contributed by atoms with Crippen LogP contribution in [0, 0.1) is 0 Å². The number of sulfonamides is 1. The monoisotopic (exact) mass is 374 g/mol. The Bertz CT molecular complexity index is 835. The Kier molecular flexibility index (Phi) is 5.53. The van der Waals surface area contributed by atoms with E-state index in [0.717, 1.165) is 5.82 Å². The third kappa shape index (κ3) is 4.20. The van der Waals surface area contributed by atoms with Gasteiger partial charge in [-0.3, -0.25) is 4.79 Å². The second-order valence-electron chi connectivity index (χ2n) is 6.16. The van der Waals surface area contributed by atoms with Crippen LogP contribution in [0.3, 0.4) is 0 Å². The van der Waals surface area contributed by atoms with Crippen molar-refractivity contribution in [3.63, 3.8) is 0 Å². The quantitative estimate of drug-likeness (QED) is 0.847. The molecule has 1 aromatic carbocycles. The average Bonchev–Trinajstić information content (AvgIpc) is 2.68. The van der Waals surface area contributed by atoms with Gasteiger partial charge < -0.3 is 9.80 Å². The molecule has 1 amide bonds. The van der Waals surface area contributed by atoms with Crippen molar-refractivity contribution >= 4 is 21.7 Å². The fourth-order valence-electron chi connectivity index (χ4n) is 2.92. The summed E-state index contributed by atoms with van der Waals surface area (Å²) in [4.78, 5) is 20.9. The summed E-state index contributed by atoms with van der Waals surface area (Å²) < 4.78 is 27.2. The number of nitrogens with zero attached hydrogens (tertiary/aromatic N) is 3. The van der Waals surface area contributed by atoms with Gasteiger partial charge in [0.05, 0.1) is 10.9 Å². The number of aromatic nitrogens is 1. The first-order valence-electron chi connectivity index (χ1n) is 8.49. The minimum atomic E-state index is -3.71. The molecule has 0 bridgehead atoms. The molecule has 1 aliphatic rings. The molecule has 1 N–H and O–H groups in total. The van der Waals surface area contributed by atoms with Crippen molar-refractivity contribution in [1.82, 2.24) is 14.6 Å². The van der Waals surface area contributed by atoms with Crippen molar-refractivity contribution < 1.29 is 13.2 Å². The van der Waals surface area contributed by atoms with Crippen molar-refractivity contribution in [2.24, 2.45) is 0 Å². The molecule has 1 saturated heterocycles. The molecule has 138 valence electrons. The average molecular weight is 374 g/mol. The van der Waals surface area contributed by atoms with Gasteiger partial charge in [0.2, 0.25) is 15.9 Å². The largest absolute Gasteiger partial charge is 0.353 e. The van der Waals surface area contributed by atoms with E-state index < -0.39 is 16.1 Å². The maximum atomic E-state index is 12.6. The standard InChI is InChI=1S/C18H22N4O3S/c1-15(20-26(24,25)16-7-3-2-4-8-16)18(23)22-13-11-21(12-14-22)17-9-5-6-10-19-17/h2-10,15,20H,11-14H2,1H3. The lowest BCUT2D eigenvalue weighted by atomic mass is 10.2. The summed E-state index contributed by atoms with van der Waals surface area (Å²) in [5, 5.41) is 0. The van der Waals surface area contributed by atoms with Crippen LogP contribution in [0.4, 0.5) is 5.82 Å². The number of carbonyl (C=O) groups excluding carboxylic acids is 1. The van der Waals surface area contributed by atoms with Crippen LogP contribution in [0.15, 0.2) is 59.6 Å². The summed E-state index contributed by atoms with van der Waals surface area (Å²) in [6.45, 7) is 3.98. The molecule has 0 aliphatic carbocycles. The summed E-state index contributed by atoms with van der Waals surface area (Å²) in [6.07, 6.45) is 1.74. The van der Waals surface area contributed by atoms with Gasteiger partial charge in [-0.15, -0.1) is 0 Å². The number of nitrogens with one attached hydrogen (secondary N) is 1. The summed E-state index contributed by atoms with van der Waals surface area (Å²) in [7, 11) is -3.71. The highest BCUT2D eigenvalue weighted by Gasteiger charge is 2.28. The van der Waals surface area contributed by atoms with Crippen molar-refractivity contribution in [3.05, 3.63) is 54.7 Å². The molecule has 0 saturated carbocycles.